The molecule has 2 unspecified atom stereocenters. The van der Waals surface area contributed by atoms with Crippen LogP contribution >= 0.6 is 0 Å². The Bertz CT molecular complexity index is 347. The topological polar surface area (TPSA) is 72.9 Å². The number of hydrogen-bond donors (Lipinski definition) is 2. The summed E-state index contributed by atoms with van der Waals surface area (Å²) in [4.78, 5) is 27.1. The first-order chi connectivity index (χ1) is 9.95. The molecule has 0 saturated heterocycles. The van der Waals surface area contributed by atoms with Gasteiger partial charge >= 0.3 is 12.0 Å². The molecule has 1 aliphatic rings. The minimum atomic E-state index is -0.731. The predicted molar refractivity (Wildman–Crippen MR) is 82.3 cm³/mol. The molecule has 6 heteroatoms. The molecule has 0 aromatic heterocycles. The lowest BCUT2D eigenvalue weighted by atomic mass is 9.96. The van der Waals surface area contributed by atoms with Crippen LogP contribution in [-0.2, 0) is 4.79 Å². The number of nitrogens with one attached hydrogen (secondary N) is 1. The fraction of sp³-hybridized carbons (Fsp3) is 0.867. The molecule has 0 bridgehead atoms. The summed E-state index contributed by atoms with van der Waals surface area (Å²) in [5.74, 6) is -0.953. The molecule has 1 fully saturated rings. The van der Waals surface area contributed by atoms with Gasteiger partial charge in [-0.25, -0.2) is 4.79 Å². The van der Waals surface area contributed by atoms with Crippen LogP contribution < -0.4 is 5.32 Å². The number of carboxylic acid groups (broad SMARTS) is 1. The number of aliphatic carboxylic acids is 1. The fourth-order valence-corrected chi connectivity index (χ4v) is 2.92. The molecule has 0 aromatic rings. The first kappa shape index (κ1) is 17.8. The first-order valence-corrected chi connectivity index (χ1v) is 7.86. The molecule has 6 nitrogen and oxygen atoms in total. The lowest BCUT2D eigenvalue weighted by Gasteiger charge is -2.24. The van der Waals surface area contributed by atoms with E-state index >= 15 is 0 Å². The first-order valence-electron chi connectivity index (χ1n) is 7.86. The van der Waals surface area contributed by atoms with E-state index in [4.69, 9.17) is 5.11 Å². The minimum absolute atomic E-state index is 0.0759. The summed E-state index contributed by atoms with van der Waals surface area (Å²) < 4.78 is 0. The number of urea groups is 1. The van der Waals surface area contributed by atoms with Crippen LogP contribution in [0, 0.1) is 11.8 Å². The number of carboxylic acids is 1. The van der Waals surface area contributed by atoms with E-state index in [1.165, 1.54) is 0 Å². The highest BCUT2D eigenvalue weighted by Gasteiger charge is 2.33. The number of amides is 2. The van der Waals surface area contributed by atoms with E-state index in [2.05, 4.69) is 10.2 Å². The Labute approximate surface area is 127 Å². The van der Waals surface area contributed by atoms with Crippen molar-refractivity contribution in [2.24, 2.45) is 11.8 Å². The third kappa shape index (κ3) is 5.91. The second-order valence-corrected chi connectivity index (χ2v) is 6.06. The van der Waals surface area contributed by atoms with Crippen LogP contribution in [0.2, 0.25) is 0 Å². The fourth-order valence-electron chi connectivity index (χ4n) is 2.92. The van der Waals surface area contributed by atoms with Gasteiger partial charge in [-0.3, -0.25) is 4.79 Å². The van der Waals surface area contributed by atoms with Gasteiger partial charge in [-0.2, -0.15) is 0 Å². The van der Waals surface area contributed by atoms with Crippen molar-refractivity contribution in [3.05, 3.63) is 0 Å². The average Bonchev–Trinajstić information content (AvgIpc) is 2.89. The van der Waals surface area contributed by atoms with Crippen molar-refractivity contribution in [2.75, 3.05) is 40.3 Å². The summed E-state index contributed by atoms with van der Waals surface area (Å²) in [6.45, 7) is 4.79. The summed E-state index contributed by atoms with van der Waals surface area (Å²) in [7, 11) is 4.03. The molecule has 0 aromatic carbocycles. The van der Waals surface area contributed by atoms with E-state index in [9.17, 15) is 9.59 Å². The lowest BCUT2D eigenvalue weighted by molar-refractivity contribution is -0.142. The van der Waals surface area contributed by atoms with Crippen molar-refractivity contribution in [1.29, 1.82) is 0 Å². The molecular weight excluding hydrogens is 270 g/mol. The van der Waals surface area contributed by atoms with Gasteiger partial charge in [0.15, 0.2) is 0 Å². The van der Waals surface area contributed by atoms with Crippen LogP contribution in [0.15, 0.2) is 0 Å². The minimum Gasteiger partial charge on any atom is -0.481 e. The largest absolute Gasteiger partial charge is 0.481 e. The predicted octanol–water partition coefficient (Wildman–Crippen LogP) is 1.47. The van der Waals surface area contributed by atoms with E-state index in [0.717, 1.165) is 38.8 Å². The van der Waals surface area contributed by atoms with E-state index in [-0.39, 0.29) is 17.9 Å². The summed E-state index contributed by atoms with van der Waals surface area (Å²) in [6.07, 6.45) is 3.51. The van der Waals surface area contributed by atoms with Gasteiger partial charge in [0.1, 0.15) is 0 Å². The lowest BCUT2D eigenvalue weighted by Crippen LogP contribution is -2.43. The van der Waals surface area contributed by atoms with Crippen molar-refractivity contribution in [3.8, 4) is 0 Å². The van der Waals surface area contributed by atoms with Gasteiger partial charge < -0.3 is 20.2 Å². The Morgan fingerprint density at radius 1 is 1.24 bits per heavy atom. The molecule has 1 rings (SSSR count). The standard InChI is InChI=1S/C15H29N3O3/c1-4-18(10-6-9-17(2)3)15(21)16-11-12-7-5-8-13(12)14(19)20/h12-13H,4-11H2,1-3H3,(H,16,21)(H,19,20). The Balaban J connectivity index is 2.35. The Hall–Kier alpha value is -1.30. The molecule has 0 spiro atoms. The molecule has 2 N–H and O–H groups in total. The molecule has 0 aliphatic heterocycles. The highest BCUT2D eigenvalue weighted by molar-refractivity contribution is 5.74. The van der Waals surface area contributed by atoms with Gasteiger partial charge in [-0.15, -0.1) is 0 Å². The maximum atomic E-state index is 12.1. The highest BCUT2D eigenvalue weighted by atomic mass is 16.4. The molecule has 1 aliphatic carbocycles. The van der Waals surface area contributed by atoms with E-state index in [0.29, 0.717) is 13.1 Å². The molecule has 1 saturated carbocycles. The van der Waals surface area contributed by atoms with Gasteiger partial charge in [-0.1, -0.05) is 6.42 Å². The molecule has 2 amide bonds. The monoisotopic (exact) mass is 299 g/mol. The van der Waals surface area contributed by atoms with Crippen molar-refractivity contribution in [1.82, 2.24) is 15.1 Å². The van der Waals surface area contributed by atoms with Gasteiger partial charge in [0.05, 0.1) is 5.92 Å². The second kappa shape index (κ2) is 8.87. The third-order valence-electron chi connectivity index (χ3n) is 4.19. The number of hydrogen-bond acceptors (Lipinski definition) is 3. The summed E-state index contributed by atoms with van der Waals surface area (Å²) in [5.41, 5.74) is 0. The van der Waals surface area contributed by atoms with Gasteiger partial charge in [0.25, 0.3) is 0 Å². The quantitative estimate of drug-likeness (QED) is 0.712. The smallest absolute Gasteiger partial charge is 0.317 e. The van der Waals surface area contributed by atoms with Crippen molar-refractivity contribution < 1.29 is 14.7 Å². The zero-order valence-corrected chi connectivity index (χ0v) is 13.5. The van der Waals surface area contributed by atoms with E-state index < -0.39 is 5.97 Å². The van der Waals surface area contributed by atoms with E-state index in [1.54, 1.807) is 4.90 Å². The van der Waals surface area contributed by atoms with Crippen molar-refractivity contribution in [2.45, 2.75) is 32.6 Å². The van der Waals surface area contributed by atoms with Gasteiger partial charge in [-0.05, 0) is 52.7 Å². The van der Waals surface area contributed by atoms with Crippen molar-refractivity contribution in [3.63, 3.8) is 0 Å². The maximum absolute atomic E-state index is 12.1. The maximum Gasteiger partial charge on any atom is 0.317 e. The molecule has 2 atom stereocenters. The number of carbonyl (C=O) groups is 2. The molecule has 122 valence electrons. The van der Waals surface area contributed by atoms with Crippen LogP contribution in [-0.4, -0.2) is 67.2 Å². The molecular formula is C15H29N3O3. The van der Waals surface area contributed by atoms with Crippen LogP contribution in [0.3, 0.4) is 0 Å². The van der Waals surface area contributed by atoms with E-state index in [1.807, 2.05) is 21.0 Å². The summed E-state index contributed by atoms with van der Waals surface area (Å²) in [6, 6.07) is -0.0766. The SMILES string of the molecule is CCN(CCCN(C)C)C(=O)NCC1CCCC1C(=O)O. The van der Waals surface area contributed by atoms with Crippen molar-refractivity contribution >= 4 is 12.0 Å². The number of carbonyl (C=O) groups excluding carboxylic acids is 1. The van der Waals surface area contributed by atoms with Crippen LogP contribution in [0.5, 0.6) is 0 Å². The normalized spacial score (nSPS) is 21.5. The van der Waals surface area contributed by atoms with Gasteiger partial charge in [0.2, 0.25) is 0 Å². The zero-order chi connectivity index (χ0) is 15.8. The van der Waals surface area contributed by atoms with Crippen LogP contribution in [0.25, 0.3) is 0 Å². The third-order valence-corrected chi connectivity index (χ3v) is 4.19. The average molecular weight is 299 g/mol. The highest BCUT2D eigenvalue weighted by Crippen LogP contribution is 2.31. The van der Waals surface area contributed by atoms with Gasteiger partial charge in [0, 0.05) is 19.6 Å². The second-order valence-electron chi connectivity index (χ2n) is 6.06. The number of nitrogens with zero attached hydrogens (tertiary/aromatic N) is 2. The molecule has 21 heavy (non-hydrogen) atoms. The molecule has 0 radical (unpaired) electrons. The summed E-state index contributed by atoms with van der Waals surface area (Å²) >= 11 is 0. The zero-order valence-electron chi connectivity index (χ0n) is 13.5. The Morgan fingerprint density at radius 3 is 2.52 bits per heavy atom. The Morgan fingerprint density at radius 2 is 1.95 bits per heavy atom. The molecule has 0 heterocycles. The van der Waals surface area contributed by atoms with Crippen LogP contribution in [0.1, 0.15) is 32.6 Å². The van der Waals surface area contributed by atoms with Crippen LogP contribution in [0.4, 0.5) is 4.79 Å². The number of rotatable bonds is 8. The Kier molecular flexibility index (Phi) is 7.50. The summed E-state index contributed by atoms with van der Waals surface area (Å²) in [5, 5.41) is 12.1.